The number of nitrogens with one attached hydrogen (secondary N) is 1. The van der Waals surface area contributed by atoms with Crippen molar-refractivity contribution in [2.24, 2.45) is 0 Å². The highest BCUT2D eigenvalue weighted by Gasteiger charge is 2.18. The first kappa shape index (κ1) is 23.0. The Morgan fingerprint density at radius 3 is 2.55 bits per heavy atom. The van der Waals surface area contributed by atoms with Crippen LogP contribution < -0.4 is 14.8 Å². The summed E-state index contributed by atoms with van der Waals surface area (Å²) in [6, 6.07) is 13.4. The summed E-state index contributed by atoms with van der Waals surface area (Å²) in [7, 11) is 3.21. The lowest BCUT2D eigenvalue weighted by molar-refractivity contribution is 0.0956. The standard InChI is InChI=1S/C25H27N3O4S/c1-14(18-8-9-33-24(18)17-7-5-6-16(10-17)21(30)13-29)26-25-19-11-22(31-3)23(32-4)12-20(19)27-15(2)28-25/h5-12,14,21,29-30H,13H2,1-4H3,(H,26,27,28). The highest BCUT2D eigenvalue weighted by molar-refractivity contribution is 7.13. The summed E-state index contributed by atoms with van der Waals surface area (Å²) < 4.78 is 10.9. The molecule has 0 aliphatic heterocycles. The zero-order valence-corrected chi connectivity index (χ0v) is 19.8. The second-order valence-electron chi connectivity index (χ2n) is 7.74. The summed E-state index contributed by atoms with van der Waals surface area (Å²) in [6.07, 6.45) is -0.897. The van der Waals surface area contributed by atoms with E-state index in [1.807, 2.05) is 43.3 Å². The van der Waals surface area contributed by atoms with Crippen molar-refractivity contribution in [1.82, 2.24) is 9.97 Å². The van der Waals surface area contributed by atoms with Gasteiger partial charge in [0, 0.05) is 16.3 Å². The van der Waals surface area contributed by atoms with Gasteiger partial charge in [-0.25, -0.2) is 9.97 Å². The summed E-state index contributed by atoms with van der Waals surface area (Å²) in [5.41, 5.74) is 3.56. The number of methoxy groups -OCH3 is 2. The van der Waals surface area contributed by atoms with E-state index in [0.29, 0.717) is 28.7 Å². The van der Waals surface area contributed by atoms with Crippen molar-refractivity contribution < 1.29 is 19.7 Å². The van der Waals surface area contributed by atoms with E-state index in [1.165, 1.54) is 0 Å². The van der Waals surface area contributed by atoms with Crippen molar-refractivity contribution in [3.8, 4) is 21.9 Å². The van der Waals surface area contributed by atoms with E-state index in [0.717, 1.165) is 26.9 Å². The van der Waals surface area contributed by atoms with Crippen LogP contribution in [0.2, 0.25) is 0 Å². The minimum Gasteiger partial charge on any atom is -0.493 e. The number of hydrogen-bond donors (Lipinski definition) is 3. The van der Waals surface area contributed by atoms with Crippen LogP contribution in [0.15, 0.2) is 47.8 Å². The molecule has 33 heavy (non-hydrogen) atoms. The molecule has 2 unspecified atom stereocenters. The molecule has 2 aromatic carbocycles. The van der Waals surface area contributed by atoms with Crippen LogP contribution in [-0.4, -0.2) is 41.0 Å². The van der Waals surface area contributed by atoms with Gasteiger partial charge in [-0.1, -0.05) is 18.2 Å². The van der Waals surface area contributed by atoms with Crippen LogP contribution in [0, 0.1) is 6.92 Å². The zero-order chi connectivity index (χ0) is 23.5. The molecule has 0 saturated carbocycles. The van der Waals surface area contributed by atoms with E-state index in [1.54, 1.807) is 25.6 Å². The summed E-state index contributed by atoms with van der Waals surface area (Å²) in [5, 5.41) is 25.8. The number of benzene rings is 2. The SMILES string of the molecule is COc1cc2nc(C)nc(NC(C)c3ccsc3-c3cccc(C(O)CO)c3)c2cc1OC. The molecule has 2 aromatic heterocycles. The third-order valence-electron chi connectivity index (χ3n) is 5.53. The molecule has 0 fully saturated rings. The third-order valence-corrected chi connectivity index (χ3v) is 6.51. The maximum atomic E-state index is 10.0. The third kappa shape index (κ3) is 4.64. The summed E-state index contributed by atoms with van der Waals surface area (Å²) in [4.78, 5) is 10.3. The molecule has 2 heterocycles. The number of aromatic nitrogens is 2. The number of rotatable bonds is 8. The topological polar surface area (TPSA) is 96.7 Å². The minimum absolute atomic E-state index is 0.0525. The quantitative estimate of drug-likeness (QED) is 0.341. The summed E-state index contributed by atoms with van der Waals surface area (Å²) in [6.45, 7) is 3.63. The molecule has 0 amide bonds. The minimum atomic E-state index is -0.897. The van der Waals surface area contributed by atoms with Gasteiger partial charge in [0.15, 0.2) is 11.5 Å². The molecule has 172 valence electrons. The molecule has 2 atom stereocenters. The highest BCUT2D eigenvalue weighted by atomic mass is 32.1. The number of aryl methyl sites for hydroxylation is 1. The molecular formula is C25H27N3O4S. The predicted octanol–water partition coefficient (Wildman–Crippen LogP) is 4.88. The van der Waals surface area contributed by atoms with Crippen molar-refractivity contribution in [2.45, 2.75) is 26.0 Å². The first-order valence-electron chi connectivity index (χ1n) is 10.6. The molecule has 0 aliphatic rings. The number of anilines is 1. The Kier molecular flexibility index (Phi) is 6.78. The average Bonchev–Trinajstić information content (AvgIpc) is 3.33. The van der Waals surface area contributed by atoms with Crippen molar-refractivity contribution >= 4 is 28.1 Å². The zero-order valence-electron chi connectivity index (χ0n) is 19.0. The maximum Gasteiger partial charge on any atom is 0.162 e. The maximum absolute atomic E-state index is 10.0. The predicted molar refractivity (Wildman–Crippen MR) is 131 cm³/mol. The van der Waals surface area contributed by atoms with Gasteiger partial charge in [-0.3, -0.25) is 0 Å². The second kappa shape index (κ2) is 9.74. The Labute approximate surface area is 196 Å². The van der Waals surface area contributed by atoms with Crippen LogP contribution in [0.3, 0.4) is 0 Å². The van der Waals surface area contributed by atoms with Crippen LogP contribution in [0.1, 0.15) is 36.0 Å². The van der Waals surface area contributed by atoms with Gasteiger partial charge in [-0.2, -0.15) is 0 Å². The summed E-state index contributed by atoms with van der Waals surface area (Å²) in [5.74, 6) is 2.60. The molecule has 0 spiro atoms. The Balaban J connectivity index is 1.71. The normalized spacial score (nSPS) is 13.0. The first-order valence-corrected chi connectivity index (χ1v) is 11.5. The van der Waals surface area contributed by atoms with E-state index in [2.05, 4.69) is 33.7 Å². The van der Waals surface area contributed by atoms with Crippen LogP contribution in [0.25, 0.3) is 21.3 Å². The van der Waals surface area contributed by atoms with Crippen LogP contribution >= 0.6 is 11.3 Å². The lowest BCUT2D eigenvalue weighted by Gasteiger charge is -2.19. The number of nitrogens with zero attached hydrogens (tertiary/aromatic N) is 2. The van der Waals surface area contributed by atoms with Crippen LogP contribution in [0.4, 0.5) is 5.82 Å². The monoisotopic (exact) mass is 465 g/mol. The molecule has 4 rings (SSSR count). The Bertz CT molecular complexity index is 1270. The molecular weight excluding hydrogens is 438 g/mol. The Morgan fingerprint density at radius 2 is 1.82 bits per heavy atom. The van der Waals surface area contributed by atoms with E-state index in [9.17, 15) is 10.2 Å². The van der Waals surface area contributed by atoms with Gasteiger partial charge in [0.1, 0.15) is 17.7 Å². The number of aliphatic hydroxyl groups excluding tert-OH is 2. The molecule has 8 heteroatoms. The van der Waals surface area contributed by atoms with E-state index >= 15 is 0 Å². The molecule has 4 aromatic rings. The van der Waals surface area contributed by atoms with Gasteiger partial charge in [0.2, 0.25) is 0 Å². The number of aliphatic hydroxyl groups is 2. The number of fused-ring (bicyclic) bond motifs is 1. The lowest BCUT2D eigenvalue weighted by Crippen LogP contribution is -2.10. The molecule has 0 bridgehead atoms. The van der Waals surface area contributed by atoms with Crippen molar-refractivity contribution in [1.29, 1.82) is 0 Å². The second-order valence-corrected chi connectivity index (χ2v) is 8.65. The van der Waals surface area contributed by atoms with Crippen molar-refractivity contribution in [3.05, 3.63) is 64.8 Å². The molecule has 0 radical (unpaired) electrons. The molecule has 7 nitrogen and oxygen atoms in total. The fourth-order valence-electron chi connectivity index (χ4n) is 3.85. The van der Waals surface area contributed by atoms with Crippen LogP contribution in [-0.2, 0) is 0 Å². The van der Waals surface area contributed by atoms with E-state index in [4.69, 9.17) is 9.47 Å². The fourth-order valence-corrected chi connectivity index (χ4v) is 4.85. The van der Waals surface area contributed by atoms with Gasteiger partial charge >= 0.3 is 0 Å². The molecule has 0 saturated heterocycles. The number of thiophene rings is 1. The Hall–Kier alpha value is -3.20. The van der Waals surface area contributed by atoms with Gasteiger partial charge in [-0.05, 0) is 54.1 Å². The van der Waals surface area contributed by atoms with E-state index in [-0.39, 0.29) is 12.6 Å². The lowest BCUT2D eigenvalue weighted by atomic mass is 10.0. The van der Waals surface area contributed by atoms with Gasteiger partial charge in [-0.15, -0.1) is 11.3 Å². The largest absolute Gasteiger partial charge is 0.493 e. The first-order chi connectivity index (χ1) is 15.9. The van der Waals surface area contributed by atoms with Crippen molar-refractivity contribution in [2.75, 3.05) is 26.1 Å². The van der Waals surface area contributed by atoms with Gasteiger partial charge in [0.25, 0.3) is 0 Å². The Morgan fingerprint density at radius 1 is 1.06 bits per heavy atom. The van der Waals surface area contributed by atoms with E-state index < -0.39 is 6.10 Å². The molecule has 3 N–H and O–H groups in total. The number of hydrogen-bond acceptors (Lipinski definition) is 8. The average molecular weight is 466 g/mol. The van der Waals surface area contributed by atoms with Crippen molar-refractivity contribution in [3.63, 3.8) is 0 Å². The smallest absolute Gasteiger partial charge is 0.162 e. The molecule has 0 aliphatic carbocycles. The fraction of sp³-hybridized carbons (Fsp3) is 0.280. The highest BCUT2D eigenvalue weighted by Crippen LogP contribution is 2.38. The van der Waals surface area contributed by atoms with Gasteiger partial charge < -0.3 is 25.0 Å². The van der Waals surface area contributed by atoms with Crippen LogP contribution in [0.5, 0.6) is 11.5 Å². The number of ether oxygens (including phenoxy) is 2. The van der Waals surface area contributed by atoms with Gasteiger partial charge in [0.05, 0.1) is 32.4 Å². The summed E-state index contributed by atoms with van der Waals surface area (Å²) >= 11 is 1.63.